The second kappa shape index (κ2) is 9.77. The van der Waals surface area contributed by atoms with Crippen LogP contribution < -0.4 is 5.43 Å². The molecule has 3 rings (SSSR count). The van der Waals surface area contributed by atoms with Crippen LogP contribution in [-0.4, -0.2) is 28.1 Å². The number of nitrogens with one attached hydrogen (secondary N) is 1. The van der Waals surface area contributed by atoms with Gasteiger partial charge in [0.05, 0.1) is 18.2 Å². The highest BCUT2D eigenvalue weighted by Crippen LogP contribution is 2.30. The van der Waals surface area contributed by atoms with Crippen LogP contribution in [-0.2, 0) is 10.5 Å². The maximum atomic E-state index is 11.8. The first-order valence-electron chi connectivity index (χ1n) is 7.38. The first kappa shape index (κ1) is 19.0. The SMILES string of the molecule is O=C(CSc1nnc(SCc2ccc(Cl)cc2)s1)N/N=C\c1ccco1. The zero-order chi connectivity index (χ0) is 18.2. The lowest BCUT2D eigenvalue weighted by Crippen LogP contribution is -2.19. The van der Waals surface area contributed by atoms with Crippen molar-refractivity contribution in [2.45, 2.75) is 14.4 Å². The highest BCUT2D eigenvalue weighted by Gasteiger charge is 2.08. The molecule has 0 unspecified atom stereocenters. The third-order valence-corrected chi connectivity index (χ3v) is 6.43. The molecular formula is C16H13ClN4O2S3. The van der Waals surface area contributed by atoms with Gasteiger partial charge in [0.2, 0.25) is 0 Å². The Hall–Kier alpha value is -1.81. The van der Waals surface area contributed by atoms with E-state index in [1.54, 1.807) is 23.9 Å². The number of furan rings is 1. The van der Waals surface area contributed by atoms with Crippen molar-refractivity contribution in [2.75, 3.05) is 5.75 Å². The number of nitrogens with zero attached hydrogens (tertiary/aromatic N) is 3. The Morgan fingerprint density at radius 1 is 1.23 bits per heavy atom. The van der Waals surface area contributed by atoms with E-state index in [2.05, 4.69) is 20.7 Å². The summed E-state index contributed by atoms with van der Waals surface area (Å²) in [7, 11) is 0. The van der Waals surface area contributed by atoms with Gasteiger partial charge in [0.1, 0.15) is 5.76 Å². The molecule has 2 aromatic heterocycles. The predicted octanol–water partition coefficient (Wildman–Crippen LogP) is 4.32. The van der Waals surface area contributed by atoms with Gasteiger partial charge in [0, 0.05) is 10.8 Å². The molecule has 1 amide bonds. The monoisotopic (exact) mass is 424 g/mol. The van der Waals surface area contributed by atoms with E-state index in [-0.39, 0.29) is 11.7 Å². The van der Waals surface area contributed by atoms with Crippen LogP contribution in [0.2, 0.25) is 5.02 Å². The molecule has 1 aromatic carbocycles. The minimum atomic E-state index is -0.219. The molecule has 6 nitrogen and oxygen atoms in total. The molecule has 0 aliphatic rings. The Morgan fingerprint density at radius 2 is 2.00 bits per heavy atom. The number of carbonyl (C=O) groups is 1. The number of hydrogen-bond acceptors (Lipinski definition) is 8. The number of aromatic nitrogens is 2. The topological polar surface area (TPSA) is 80.4 Å². The largest absolute Gasteiger partial charge is 0.463 e. The molecule has 0 aliphatic heterocycles. The lowest BCUT2D eigenvalue weighted by molar-refractivity contribution is -0.118. The van der Waals surface area contributed by atoms with Gasteiger partial charge in [-0.2, -0.15) is 5.10 Å². The summed E-state index contributed by atoms with van der Waals surface area (Å²) >= 11 is 10.3. The molecule has 0 atom stereocenters. The summed E-state index contributed by atoms with van der Waals surface area (Å²) in [6, 6.07) is 11.2. The molecule has 134 valence electrons. The molecule has 0 radical (unpaired) electrons. The summed E-state index contributed by atoms with van der Waals surface area (Å²) < 4.78 is 6.68. The second-order valence-electron chi connectivity index (χ2n) is 4.85. The Morgan fingerprint density at radius 3 is 2.73 bits per heavy atom. The fraction of sp³-hybridized carbons (Fsp3) is 0.125. The Kier molecular flexibility index (Phi) is 7.13. The van der Waals surface area contributed by atoms with Crippen molar-refractivity contribution in [3.8, 4) is 0 Å². The molecule has 3 aromatic rings. The smallest absolute Gasteiger partial charge is 0.250 e. The van der Waals surface area contributed by atoms with Gasteiger partial charge in [-0.1, -0.05) is 58.6 Å². The molecule has 10 heteroatoms. The summed E-state index contributed by atoms with van der Waals surface area (Å²) in [5, 5.41) is 12.8. The highest BCUT2D eigenvalue weighted by atomic mass is 35.5. The van der Waals surface area contributed by atoms with Crippen LogP contribution in [0.15, 0.2) is 60.9 Å². The van der Waals surface area contributed by atoms with Crippen LogP contribution in [0, 0.1) is 0 Å². The molecule has 0 saturated heterocycles. The van der Waals surface area contributed by atoms with Crippen molar-refractivity contribution in [2.24, 2.45) is 5.10 Å². The van der Waals surface area contributed by atoms with Crippen LogP contribution in [0.4, 0.5) is 0 Å². The molecule has 0 aliphatic carbocycles. The van der Waals surface area contributed by atoms with Crippen molar-refractivity contribution >= 4 is 58.6 Å². The van der Waals surface area contributed by atoms with E-state index < -0.39 is 0 Å². The number of hydrogen-bond donors (Lipinski definition) is 1. The summed E-state index contributed by atoms with van der Waals surface area (Å²) in [5.74, 6) is 1.36. The van der Waals surface area contributed by atoms with Gasteiger partial charge < -0.3 is 4.42 Å². The molecule has 0 spiro atoms. The Bertz CT molecular complexity index is 866. The van der Waals surface area contributed by atoms with E-state index in [1.165, 1.54) is 35.6 Å². The zero-order valence-corrected chi connectivity index (χ0v) is 16.5. The number of halogens is 1. The van der Waals surface area contributed by atoms with Crippen LogP contribution >= 0.6 is 46.5 Å². The van der Waals surface area contributed by atoms with Gasteiger partial charge in [-0.15, -0.1) is 10.2 Å². The summed E-state index contributed by atoms with van der Waals surface area (Å²) in [4.78, 5) is 11.8. The fourth-order valence-electron chi connectivity index (χ4n) is 1.73. The third kappa shape index (κ3) is 6.17. The predicted molar refractivity (Wildman–Crippen MR) is 106 cm³/mol. The first-order chi connectivity index (χ1) is 12.7. The van der Waals surface area contributed by atoms with Gasteiger partial charge in [-0.3, -0.25) is 4.79 Å². The van der Waals surface area contributed by atoms with Gasteiger partial charge in [0.25, 0.3) is 5.91 Å². The zero-order valence-electron chi connectivity index (χ0n) is 13.3. The highest BCUT2D eigenvalue weighted by molar-refractivity contribution is 8.03. The van der Waals surface area contributed by atoms with E-state index in [0.29, 0.717) is 5.76 Å². The minimum Gasteiger partial charge on any atom is -0.463 e. The lowest BCUT2D eigenvalue weighted by Gasteiger charge is -1.98. The van der Waals surface area contributed by atoms with Gasteiger partial charge in [-0.25, -0.2) is 5.43 Å². The molecule has 1 N–H and O–H groups in total. The van der Waals surface area contributed by atoms with Crippen molar-refractivity contribution < 1.29 is 9.21 Å². The van der Waals surface area contributed by atoms with E-state index in [9.17, 15) is 4.79 Å². The van der Waals surface area contributed by atoms with E-state index >= 15 is 0 Å². The summed E-state index contributed by atoms with van der Waals surface area (Å²) in [6.45, 7) is 0. The van der Waals surface area contributed by atoms with Gasteiger partial charge in [-0.05, 0) is 29.8 Å². The van der Waals surface area contributed by atoms with Gasteiger partial charge >= 0.3 is 0 Å². The standard InChI is InChI=1S/C16H13ClN4O2S3/c17-12-5-3-11(4-6-12)9-24-15-20-21-16(26-15)25-10-14(22)19-18-8-13-2-1-7-23-13/h1-8H,9-10H2,(H,19,22)/b18-8-. The fourth-order valence-corrected chi connectivity index (χ4v) is 4.63. The van der Waals surface area contributed by atoms with Crippen LogP contribution in [0.25, 0.3) is 0 Å². The average molecular weight is 425 g/mol. The lowest BCUT2D eigenvalue weighted by atomic mass is 10.2. The maximum absolute atomic E-state index is 11.8. The van der Waals surface area contributed by atoms with E-state index in [1.807, 2.05) is 24.3 Å². The van der Waals surface area contributed by atoms with Crippen molar-refractivity contribution in [1.82, 2.24) is 15.6 Å². The molecule has 0 saturated carbocycles. The van der Waals surface area contributed by atoms with Crippen molar-refractivity contribution in [3.05, 3.63) is 59.0 Å². The van der Waals surface area contributed by atoms with Crippen molar-refractivity contribution in [3.63, 3.8) is 0 Å². The number of carbonyl (C=O) groups excluding carboxylic acids is 1. The van der Waals surface area contributed by atoms with Gasteiger partial charge in [0.15, 0.2) is 8.68 Å². The summed E-state index contributed by atoms with van der Waals surface area (Å²) in [6.07, 6.45) is 2.98. The molecule has 2 heterocycles. The van der Waals surface area contributed by atoms with Crippen LogP contribution in [0.5, 0.6) is 0 Å². The number of amides is 1. The Labute approximate surface area is 167 Å². The number of thioether (sulfide) groups is 2. The molecule has 0 fully saturated rings. The molecule has 26 heavy (non-hydrogen) atoms. The van der Waals surface area contributed by atoms with Crippen LogP contribution in [0.1, 0.15) is 11.3 Å². The number of hydrazone groups is 1. The Balaban J connectivity index is 1.40. The molecule has 0 bridgehead atoms. The van der Waals surface area contributed by atoms with E-state index in [4.69, 9.17) is 16.0 Å². The minimum absolute atomic E-state index is 0.214. The molecular weight excluding hydrogens is 412 g/mol. The average Bonchev–Trinajstić information content (AvgIpc) is 3.31. The second-order valence-corrected chi connectivity index (χ2v) is 8.71. The quantitative estimate of drug-likeness (QED) is 0.329. The third-order valence-electron chi connectivity index (χ3n) is 2.91. The normalized spacial score (nSPS) is 11.1. The summed E-state index contributed by atoms with van der Waals surface area (Å²) in [5.41, 5.74) is 3.60. The van der Waals surface area contributed by atoms with Crippen LogP contribution in [0.3, 0.4) is 0 Å². The number of benzene rings is 1. The first-order valence-corrected chi connectivity index (χ1v) is 10.5. The van der Waals surface area contributed by atoms with Crippen molar-refractivity contribution in [1.29, 1.82) is 0 Å². The maximum Gasteiger partial charge on any atom is 0.250 e. The van der Waals surface area contributed by atoms with E-state index in [0.717, 1.165) is 25.0 Å². The number of rotatable bonds is 8.